The average Bonchev–Trinajstić information content (AvgIpc) is 2.18. The summed E-state index contributed by atoms with van der Waals surface area (Å²) >= 11 is 4.93. The molecule has 1 aliphatic heterocycles. The van der Waals surface area contributed by atoms with Crippen molar-refractivity contribution >= 4 is 45.6 Å². The van der Waals surface area contributed by atoms with Crippen LogP contribution in [0.1, 0.15) is 40.0 Å². The van der Waals surface area contributed by atoms with Gasteiger partial charge in [0.05, 0.1) is 0 Å². The zero-order chi connectivity index (χ0) is 12.6. The Hall–Kier alpha value is 1.35. The van der Waals surface area contributed by atoms with Crippen molar-refractivity contribution in [2.24, 2.45) is 0 Å². The molecule has 0 aromatic carbocycles. The van der Waals surface area contributed by atoms with Crippen LogP contribution in [0.4, 0.5) is 4.79 Å². The predicted octanol–water partition coefficient (Wildman–Crippen LogP) is 4.18. The summed E-state index contributed by atoms with van der Waals surface area (Å²) in [5.74, 6) is 0. The molecule has 1 amide bonds. The average molecular weight is 504 g/mol. The van der Waals surface area contributed by atoms with Crippen LogP contribution in [0.5, 0.6) is 0 Å². The van der Waals surface area contributed by atoms with Crippen LogP contribution >= 0.6 is 39.5 Å². The van der Waals surface area contributed by atoms with Crippen molar-refractivity contribution < 1.29 is 19.6 Å². The molecule has 0 aromatic rings. The minimum absolute atomic E-state index is 0.0650. The number of halogens is 2. The van der Waals surface area contributed by atoms with Gasteiger partial charge in [-0.15, -0.1) is 0 Å². The predicted molar refractivity (Wildman–Crippen MR) is 79.7 cm³/mol. The first-order valence-corrected chi connectivity index (χ1v) is 23.6. The second kappa shape index (κ2) is 9.31. The maximum atomic E-state index is 11.5. The zero-order valence-corrected chi connectivity index (χ0v) is 17.5. The Morgan fingerprint density at radius 1 is 1.19 bits per heavy atom. The first-order valence-electron chi connectivity index (χ1n) is 5.50. The van der Waals surface area contributed by atoms with Gasteiger partial charge in [0.25, 0.3) is 0 Å². The van der Waals surface area contributed by atoms with Gasteiger partial charge in [-0.2, -0.15) is 0 Å². The molecule has 0 N–H and O–H groups in total. The fraction of sp³-hybridized carbons (Fsp3) is 0.900. The number of nitrogens with zero attached hydrogens (tertiary/aromatic N) is 1. The van der Waals surface area contributed by atoms with Crippen LogP contribution in [-0.4, -0.2) is 29.7 Å². The topological polar surface area (TPSA) is 29.5 Å². The first-order chi connectivity index (χ1) is 7.40. The van der Waals surface area contributed by atoms with E-state index in [4.69, 9.17) is 4.74 Å². The van der Waals surface area contributed by atoms with Crippen LogP contribution in [-0.2, 0) is 14.8 Å². The molecular weight excluding hydrogens is 485 g/mol. The summed E-state index contributed by atoms with van der Waals surface area (Å²) in [7, 11) is 0.0650. The molecule has 0 radical (unpaired) electrons. The number of carbonyl (C=O) groups excluding carboxylic acids is 1. The molecule has 0 aliphatic carbocycles. The van der Waals surface area contributed by atoms with E-state index in [2.05, 4.69) is 39.5 Å². The van der Waals surface area contributed by atoms with Crippen molar-refractivity contribution in [1.29, 1.82) is 0 Å². The Labute approximate surface area is 127 Å². The van der Waals surface area contributed by atoms with Crippen molar-refractivity contribution in [3.63, 3.8) is 0 Å². The van der Waals surface area contributed by atoms with Gasteiger partial charge < -0.3 is 9.64 Å². The monoisotopic (exact) mass is 503 g/mol. The van der Waals surface area contributed by atoms with Crippen molar-refractivity contribution in [3.05, 3.63) is 0 Å². The number of rotatable bonds is 0. The molecule has 0 aromatic heterocycles. The number of likely N-dealkylation sites (tertiary alicyclic amines) is 1. The Balaban J connectivity index is 0.000000673. The van der Waals surface area contributed by atoms with E-state index >= 15 is 0 Å². The molecule has 1 rings (SSSR count). The van der Waals surface area contributed by atoms with E-state index in [1.54, 1.807) is 4.90 Å². The third-order valence-corrected chi connectivity index (χ3v) is 2.01. The number of hydrogen-bond donors (Lipinski definition) is 0. The molecule has 0 atom stereocenters. The van der Waals surface area contributed by atoms with Gasteiger partial charge in [0.2, 0.25) is 0 Å². The Bertz CT molecular complexity index is 203. The summed E-state index contributed by atoms with van der Waals surface area (Å²) in [4.78, 5) is 13.3. The fourth-order valence-electron chi connectivity index (χ4n) is 1.40. The summed E-state index contributed by atoms with van der Waals surface area (Å²) in [6.45, 7) is 7.41. The summed E-state index contributed by atoms with van der Waals surface area (Å²) in [6, 6.07) is 0. The number of carbonyl (C=O) groups is 1. The molecule has 0 unspecified atom stereocenters. The first kappa shape index (κ1) is 17.4. The van der Waals surface area contributed by atoms with E-state index < -0.39 is 0 Å². The molecule has 16 heavy (non-hydrogen) atoms. The van der Waals surface area contributed by atoms with E-state index in [1.807, 2.05) is 20.8 Å². The second-order valence-corrected chi connectivity index (χ2v) is 28.1. The van der Waals surface area contributed by atoms with Crippen molar-refractivity contribution in [2.45, 2.75) is 45.6 Å². The van der Waals surface area contributed by atoms with E-state index in [0.717, 1.165) is 25.9 Å². The van der Waals surface area contributed by atoms with Gasteiger partial charge in [-0.25, -0.2) is 4.79 Å². The molecule has 0 bridgehead atoms. The molecular formula is C10H19I2NO2Zn. The van der Waals surface area contributed by atoms with Gasteiger partial charge in [-0.3, -0.25) is 0 Å². The van der Waals surface area contributed by atoms with Gasteiger partial charge in [-0.05, 0) is 40.0 Å². The van der Waals surface area contributed by atoms with E-state index in [9.17, 15) is 4.79 Å². The van der Waals surface area contributed by atoms with Crippen LogP contribution in [0.15, 0.2) is 0 Å². The van der Waals surface area contributed by atoms with Crippen LogP contribution in [0.3, 0.4) is 0 Å². The van der Waals surface area contributed by atoms with Gasteiger partial charge in [0, 0.05) is 13.1 Å². The van der Waals surface area contributed by atoms with E-state index in [1.165, 1.54) is 6.42 Å². The molecule has 1 saturated heterocycles. The molecule has 6 heteroatoms. The summed E-state index contributed by atoms with van der Waals surface area (Å²) in [6.07, 6.45) is 3.30. The van der Waals surface area contributed by atoms with Gasteiger partial charge in [0.1, 0.15) is 5.60 Å². The molecule has 0 saturated carbocycles. The minimum atomic E-state index is -0.367. The van der Waals surface area contributed by atoms with E-state index in [0.29, 0.717) is 0 Å². The van der Waals surface area contributed by atoms with Gasteiger partial charge in [-0.1, -0.05) is 0 Å². The number of piperidine rings is 1. The molecule has 1 aliphatic rings. The quantitative estimate of drug-likeness (QED) is 0.366. The van der Waals surface area contributed by atoms with Crippen molar-refractivity contribution in [2.75, 3.05) is 13.1 Å². The van der Waals surface area contributed by atoms with Crippen molar-refractivity contribution in [3.8, 4) is 0 Å². The molecule has 1 heterocycles. The second-order valence-electron chi connectivity index (χ2n) is 4.63. The molecule has 0 spiro atoms. The van der Waals surface area contributed by atoms with Gasteiger partial charge in [0.15, 0.2) is 0 Å². The number of hydrogen-bond acceptors (Lipinski definition) is 2. The fourth-order valence-corrected chi connectivity index (χ4v) is 1.40. The van der Waals surface area contributed by atoms with Gasteiger partial charge >= 0.3 is 55.7 Å². The number of ether oxygens (including phenoxy) is 1. The third kappa shape index (κ3) is 9.39. The number of amides is 1. The van der Waals surface area contributed by atoms with Crippen molar-refractivity contribution in [1.82, 2.24) is 4.90 Å². The van der Waals surface area contributed by atoms with E-state index in [-0.39, 0.29) is 21.8 Å². The summed E-state index contributed by atoms with van der Waals surface area (Å²) in [5.41, 5.74) is -0.367. The van der Waals surface area contributed by atoms with Crippen LogP contribution in [0.25, 0.3) is 0 Å². The van der Waals surface area contributed by atoms with Crippen LogP contribution < -0.4 is 0 Å². The Kier molecular flexibility index (Phi) is 10.1. The Morgan fingerprint density at radius 2 is 1.62 bits per heavy atom. The van der Waals surface area contributed by atoms with Crippen LogP contribution in [0, 0.1) is 0 Å². The molecule has 92 valence electrons. The Morgan fingerprint density at radius 3 is 2.00 bits per heavy atom. The SMILES string of the molecule is CC(C)(C)OC(=O)N1CCCCC1.[I][Zn][I]. The summed E-state index contributed by atoms with van der Waals surface area (Å²) < 4.78 is 5.26. The maximum absolute atomic E-state index is 11.5. The normalized spacial score (nSPS) is 15.7. The summed E-state index contributed by atoms with van der Waals surface area (Å²) in [5, 5.41) is 0. The van der Waals surface area contributed by atoms with Crippen LogP contribution in [0.2, 0.25) is 0 Å². The third-order valence-electron chi connectivity index (χ3n) is 2.01. The standard InChI is InChI=1S/C10H19NO2.2HI.Zn/c1-10(2,3)13-9(12)11-7-5-4-6-8-11;;;/h4-8H2,1-3H3;2*1H;/q;;;+2/p-2. The zero-order valence-electron chi connectivity index (χ0n) is 10.3. The molecule has 1 fully saturated rings. The molecule has 3 nitrogen and oxygen atoms in total.